The Bertz CT molecular complexity index is 838. The normalized spacial score (nSPS) is 14.6. The number of halogens is 3. The molecule has 1 aromatic carbocycles. The van der Waals surface area contributed by atoms with Gasteiger partial charge in [0.1, 0.15) is 0 Å². The number of methoxy groups -OCH3 is 1. The summed E-state index contributed by atoms with van der Waals surface area (Å²) in [5, 5.41) is 3.10. The number of hydrogen-bond acceptors (Lipinski definition) is 5. The number of hydrogen-bond donors (Lipinski definition) is 1. The summed E-state index contributed by atoms with van der Waals surface area (Å²) < 4.78 is 49.0. The largest absolute Gasteiger partial charge is 0.493 e. The summed E-state index contributed by atoms with van der Waals surface area (Å²) in [7, 11) is 1.56. The van der Waals surface area contributed by atoms with Gasteiger partial charge >= 0.3 is 6.18 Å². The average Bonchev–Trinajstić information content (AvgIpc) is 3.19. The van der Waals surface area contributed by atoms with E-state index in [9.17, 15) is 18.0 Å². The van der Waals surface area contributed by atoms with Gasteiger partial charge in [-0.25, -0.2) is 4.98 Å². The van der Waals surface area contributed by atoms with Gasteiger partial charge in [-0.2, -0.15) is 13.2 Å². The van der Waals surface area contributed by atoms with E-state index in [1.165, 1.54) is 6.07 Å². The SMILES string of the molecule is COc1ccc(NC(=O)CSc2ccc(C(F)(F)F)cn2)cc1OC1CCCC1. The fourth-order valence-corrected chi connectivity index (χ4v) is 3.64. The molecule has 1 aliphatic carbocycles. The van der Waals surface area contributed by atoms with Crippen LogP contribution < -0.4 is 14.8 Å². The molecule has 29 heavy (non-hydrogen) atoms. The summed E-state index contributed by atoms with van der Waals surface area (Å²) in [6.07, 6.45) is 0.747. The van der Waals surface area contributed by atoms with Crippen molar-refractivity contribution >= 4 is 23.4 Å². The number of thioether (sulfide) groups is 1. The highest BCUT2D eigenvalue weighted by molar-refractivity contribution is 7.99. The smallest absolute Gasteiger partial charge is 0.417 e. The van der Waals surface area contributed by atoms with Crippen molar-refractivity contribution in [3.8, 4) is 11.5 Å². The van der Waals surface area contributed by atoms with Gasteiger partial charge < -0.3 is 14.8 Å². The number of rotatable bonds is 7. The van der Waals surface area contributed by atoms with Gasteiger partial charge in [-0.1, -0.05) is 11.8 Å². The minimum absolute atomic E-state index is 0.0171. The lowest BCUT2D eigenvalue weighted by molar-refractivity contribution is -0.137. The number of carbonyl (C=O) groups is 1. The zero-order chi connectivity index (χ0) is 20.9. The fraction of sp³-hybridized carbons (Fsp3) is 0.400. The molecule has 5 nitrogen and oxygen atoms in total. The molecule has 0 saturated heterocycles. The molecule has 156 valence electrons. The quantitative estimate of drug-likeness (QED) is 0.620. The Balaban J connectivity index is 1.57. The predicted octanol–water partition coefficient (Wildman–Crippen LogP) is 5.16. The van der Waals surface area contributed by atoms with E-state index in [1.54, 1.807) is 25.3 Å². The molecule has 2 aromatic rings. The van der Waals surface area contributed by atoms with Crippen molar-refractivity contribution in [2.45, 2.75) is 43.0 Å². The summed E-state index contributed by atoms with van der Waals surface area (Å²) in [6.45, 7) is 0. The molecule has 1 amide bonds. The molecular formula is C20H21F3N2O3S. The predicted molar refractivity (Wildman–Crippen MR) is 104 cm³/mol. The number of carbonyl (C=O) groups excluding carboxylic acids is 1. The van der Waals surface area contributed by atoms with Gasteiger partial charge in [0.2, 0.25) is 5.91 Å². The van der Waals surface area contributed by atoms with Gasteiger partial charge in [0, 0.05) is 18.0 Å². The lowest BCUT2D eigenvalue weighted by Crippen LogP contribution is -2.15. The van der Waals surface area contributed by atoms with Gasteiger partial charge in [-0.3, -0.25) is 4.79 Å². The van der Waals surface area contributed by atoms with E-state index in [4.69, 9.17) is 9.47 Å². The van der Waals surface area contributed by atoms with Crippen LogP contribution >= 0.6 is 11.8 Å². The highest BCUT2D eigenvalue weighted by Crippen LogP contribution is 2.34. The van der Waals surface area contributed by atoms with Crippen molar-refractivity contribution in [2.24, 2.45) is 0 Å². The minimum atomic E-state index is -4.43. The van der Waals surface area contributed by atoms with Gasteiger partial charge in [0.15, 0.2) is 11.5 Å². The lowest BCUT2D eigenvalue weighted by atomic mass is 10.2. The van der Waals surface area contributed by atoms with Crippen molar-refractivity contribution < 1.29 is 27.4 Å². The molecule has 1 saturated carbocycles. The number of pyridine rings is 1. The Morgan fingerprint density at radius 1 is 1.21 bits per heavy atom. The summed E-state index contributed by atoms with van der Waals surface area (Å²) in [4.78, 5) is 16.0. The first-order valence-electron chi connectivity index (χ1n) is 9.16. The number of anilines is 1. The maximum atomic E-state index is 12.6. The number of benzene rings is 1. The average molecular weight is 426 g/mol. The number of nitrogens with one attached hydrogen (secondary N) is 1. The second-order valence-corrected chi connectivity index (χ2v) is 7.61. The molecule has 0 spiro atoms. The lowest BCUT2D eigenvalue weighted by Gasteiger charge is -2.17. The van der Waals surface area contributed by atoms with E-state index in [1.807, 2.05) is 0 Å². The second kappa shape index (κ2) is 9.39. The van der Waals surface area contributed by atoms with Crippen LogP contribution in [0, 0.1) is 0 Å². The van der Waals surface area contributed by atoms with Crippen LogP contribution in [0.25, 0.3) is 0 Å². The summed E-state index contributed by atoms with van der Waals surface area (Å²) in [6, 6.07) is 7.35. The zero-order valence-electron chi connectivity index (χ0n) is 15.8. The number of alkyl halides is 3. The molecule has 1 N–H and O–H groups in total. The van der Waals surface area contributed by atoms with Crippen molar-refractivity contribution in [1.29, 1.82) is 0 Å². The van der Waals surface area contributed by atoms with E-state index < -0.39 is 11.7 Å². The monoisotopic (exact) mass is 426 g/mol. The summed E-state index contributed by atoms with van der Waals surface area (Å²) in [5.74, 6) is 0.893. The molecule has 1 heterocycles. The number of nitrogens with zero attached hydrogens (tertiary/aromatic N) is 1. The van der Waals surface area contributed by atoms with Crippen molar-refractivity contribution in [2.75, 3.05) is 18.2 Å². The van der Waals surface area contributed by atoms with Crippen molar-refractivity contribution in [3.63, 3.8) is 0 Å². The van der Waals surface area contributed by atoms with Crippen LogP contribution in [0.15, 0.2) is 41.6 Å². The standard InChI is InChI=1S/C20H21F3N2O3S/c1-27-16-8-7-14(10-17(16)28-15-4-2-3-5-15)25-18(26)12-29-19-9-6-13(11-24-19)20(21,22)23/h6-11,15H,2-5,12H2,1H3,(H,25,26). The van der Waals surface area contributed by atoms with E-state index in [-0.39, 0.29) is 17.8 Å². The number of ether oxygens (including phenoxy) is 2. The van der Waals surface area contributed by atoms with Crippen LogP contribution in [-0.2, 0) is 11.0 Å². The first-order chi connectivity index (χ1) is 13.8. The van der Waals surface area contributed by atoms with Crippen LogP contribution in [0.5, 0.6) is 11.5 Å². The fourth-order valence-electron chi connectivity index (χ4n) is 3.00. The topological polar surface area (TPSA) is 60.5 Å². The van der Waals surface area contributed by atoms with Gasteiger partial charge in [0.05, 0.1) is 29.6 Å². The van der Waals surface area contributed by atoms with Gasteiger partial charge in [-0.05, 0) is 49.9 Å². The van der Waals surface area contributed by atoms with Crippen LogP contribution in [0.3, 0.4) is 0 Å². The Morgan fingerprint density at radius 3 is 2.59 bits per heavy atom. The Morgan fingerprint density at radius 2 is 1.97 bits per heavy atom. The molecule has 0 unspecified atom stereocenters. The molecule has 1 aliphatic rings. The third kappa shape index (κ3) is 6.03. The number of amides is 1. The highest BCUT2D eigenvalue weighted by Gasteiger charge is 2.30. The van der Waals surface area contributed by atoms with Gasteiger partial charge in [-0.15, -0.1) is 0 Å². The molecule has 0 radical (unpaired) electrons. The summed E-state index contributed by atoms with van der Waals surface area (Å²) in [5.41, 5.74) is -0.260. The molecule has 9 heteroatoms. The molecule has 1 fully saturated rings. The molecule has 0 atom stereocenters. The van der Waals surface area contributed by atoms with E-state index >= 15 is 0 Å². The number of aromatic nitrogens is 1. The van der Waals surface area contributed by atoms with Crippen molar-refractivity contribution in [1.82, 2.24) is 4.98 Å². The van der Waals surface area contributed by atoms with Crippen LogP contribution in [0.2, 0.25) is 0 Å². The maximum Gasteiger partial charge on any atom is 0.417 e. The van der Waals surface area contributed by atoms with Crippen LogP contribution in [0.4, 0.5) is 18.9 Å². The summed E-state index contributed by atoms with van der Waals surface area (Å²) >= 11 is 1.06. The van der Waals surface area contributed by atoms with Crippen molar-refractivity contribution in [3.05, 3.63) is 42.1 Å². The molecular weight excluding hydrogens is 405 g/mol. The third-order valence-electron chi connectivity index (χ3n) is 4.46. The highest BCUT2D eigenvalue weighted by atomic mass is 32.2. The Hall–Kier alpha value is -2.42. The maximum absolute atomic E-state index is 12.6. The molecule has 1 aromatic heterocycles. The van der Waals surface area contributed by atoms with E-state index in [2.05, 4.69) is 10.3 Å². The third-order valence-corrected chi connectivity index (χ3v) is 5.40. The van der Waals surface area contributed by atoms with Crippen LogP contribution in [0.1, 0.15) is 31.2 Å². The molecule has 0 bridgehead atoms. The second-order valence-electron chi connectivity index (χ2n) is 6.61. The molecule has 3 rings (SSSR count). The van der Waals surface area contributed by atoms with E-state index in [0.29, 0.717) is 22.2 Å². The van der Waals surface area contributed by atoms with E-state index in [0.717, 1.165) is 49.7 Å². The molecule has 0 aliphatic heterocycles. The van der Waals surface area contributed by atoms with Crippen LogP contribution in [-0.4, -0.2) is 29.9 Å². The Labute approximate surface area is 171 Å². The first kappa shape index (κ1) is 21.3. The minimum Gasteiger partial charge on any atom is -0.493 e. The zero-order valence-corrected chi connectivity index (χ0v) is 16.6. The first-order valence-corrected chi connectivity index (χ1v) is 10.1. The Kier molecular flexibility index (Phi) is 6.89. The van der Waals surface area contributed by atoms with Gasteiger partial charge in [0.25, 0.3) is 0 Å².